The molecule has 0 saturated heterocycles. The van der Waals surface area contributed by atoms with E-state index in [1.165, 1.54) is 6.92 Å². The minimum absolute atomic E-state index is 0.127. The van der Waals surface area contributed by atoms with Crippen LogP contribution >= 0.6 is 0 Å². The molecule has 1 amide bonds. The van der Waals surface area contributed by atoms with Crippen molar-refractivity contribution in [1.29, 1.82) is 0 Å². The summed E-state index contributed by atoms with van der Waals surface area (Å²) < 4.78 is 0. The monoisotopic (exact) mass is 234 g/mol. The number of nitrogens with one attached hydrogen (secondary N) is 1. The van der Waals surface area contributed by atoms with Crippen molar-refractivity contribution in [2.75, 3.05) is 6.54 Å². The highest BCUT2D eigenvalue weighted by atomic mass is 16.7. The van der Waals surface area contributed by atoms with Gasteiger partial charge in [0.15, 0.2) is 0 Å². The molecular formula is C12H14N2O3. The highest BCUT2D eigenvalue weighted by molar-refractivity contribution is 6.45. The number of amides is 1. The van der Waals surface area contributed by atoms with Crippen LogP contribution in [0.1, 0.15) is 24.2 Å². The minimum atomic E-state index is -0.673. The third-order valence-corrected chi connectivity index (χ3v) is 1.95. The zero-order valence-corrected chi connectivity index (χ0v) is 9.77. The lowest BCUT2D eigenvalue weighted by atomic mass is 10.1. The van der Waals surface area contributed by atoms with Crippen LogP contribution in [-0.2, 0) is 4.84 Å². The van der Waals surface area contributed by atoms with Crippen molar-refractivity contribution in [1.82, 2.24) is 5.32 Å². The van der Waals surface area contributed by atoms with Crippen LogP contribution in [-0.4, -0.2) is 24.1 Å². The fraction of sp³-hybridized carbons (Fsp3) is 0.250. The number of ketones is 1. The molecule has 0 aromatic heterocycles. The lowest BCUT2D eigenvalue weighted by molar-refractivity contribution is 0.105. The molecule has 0 atom stereocenters. The molecule has 90 valence electrons. The van der Waals surface area contributed by atoms with E-state index in [0.29, 0.717) is 12.1 Å². The Morgan fingerprint density at radius 1 is 1.29 bits per heavy atom. The largest absolute Gasteiger partial charge is 0.433 e. The van der Waals surface area contributed by atoms with Crippen molar-refractivity contribution in [3.63, 3.8) is 0 Å². The molecule has 0 unspecified atom stereocenters. The van der Waals surface area contributed by atoms with Crippen LogP contribution in [0.15, 0.2) is 35.5 Å². The number of carbonyl (C=O) groups is 2. The van der Waals surface area contributed by atoms with Crippen molar-refractivity contribution < 1.29 is 14.4 Å². The van der Waals surface area contributed by atoms with Crippen LogP contribution in [0.3, 0.4) is 0 Å². The van der Waals surface area contributed by atoms with Crippen molar-refractivity contribution in [3.8, 4) is 0 Å². The summed E-state index contributed by atoms with van der Waals surface area (Å²) in [5.41, 5.74) is 0.635. The van der Waals surface area contributed by atoms with Gasteiger partial charge in [-0.05, 0) is 13.8 Å². The molecule has 1 N–H and O–H groups in total. The molecule has 5 nitrogen and oxygen atoms in total. The van der Waals surface area contributed by atoms with Gasteiger partial charge in [-0.15, -0.1) is 0 Å². The first kappa shape index (κ1) is 12.9. The molecule has 0 fully saturated rings. The van der Waals surface area contributed by atoms with Gasteiger partial charge in [0, 0.05) is 12.1 Å². The number of rotatable bonds is 4. The van der Waals surface area contributed by atoms with Gasteiger partial charge in [0.05, 0.1) is 0 Å². The average molecular weight is 234 g/mol. The third kappa shape index (κ3) is 4.06. The minimum Gasteiger partial charge on any atom is -0.320 e. The van der Waals surface area contributed by atoms with Crippen molar-refractivity contribution in [3.05, 3.63) is 35.9 Å². The number of hydrogen-bond acceptors (Lipinski definition) is 4. The van der Waals surface area contributed by atoms with Gasteiger partial charge in [0.1, 0.15) is 5.71 Å². The van der Waals surface area contributed by atoms with Crippen LogP contribution in [0.4, 0.5) is 4.79 Å². The van der Waals surface area contributed by atoms with E-state index in [9.17, 15) is 9.59 Å². The topological polar surface area (TPSA) is 67.8 Å². The summed E-state index contributed by atoms with van der Waals surface area (Å²) in [4.78, 5) is 27.2. The number of nitrogens with zero attached hydrogens (tertiary/aromatic N) is 1. The second-order valence-corrected chi connectivity index (χ2v) is 3.28. The molecule has 0 spiro atoms. The van der Waals surface area contributed by atoms with Gasteiger partial charge >= 0.3 is 6.09 Å². The molecule has 1 rings (SSSR count). The van der Waals surface area contributed by atoms with E-state index in [0.717, 1.165) is 0 Å². The summed E-state index contributed by atoms with van der Waals surface area (Å²) in [5.74, 6) is -0.269. The maximum atomic E-state index is 11.8. The normalized spacial score (nSPS) is 10.8. The van der Waals surface area contributed by atoms with E-state index in [1.807, 2.05) is 6.07 Å². The van der Waals surface area contributed by atoms with Gasteiger partial charge in [-0.1, -0.05) is 35.5 Å². The molecule has 0 aliphatic carbocycles. The maximum absolute atomic E-state index is 11.8. The number of oxime groups is 1. The molecular weight excluding hydrogens is 220 g/mol. The standard InChI is InChI=1S/C12H14N2O3/c1-3-13-12(16)17-14-9(2)11(15)10-7-5-4-6-8-10/h4-8H,3H2,1-2H3,(H,13,16)/b14-9+. The van der Waals surface area contributed by atoms with Gasteiger partial charge in [-0.2, -0.15) is 0 Å². The van der Waals surface area contributed by atoms with E-state index < -0.39 is 6.09 Å². The van der Waals surface area contributed by atoms with Gasteiger partial charge in [0.2, 0.25) is 5.78 Å². The summed E-state index contributed by atoms with van der Waals surface area (Å²) in [5, 5.41) is 5.87. The van der Waals surface area contributed by atoms with Crippen LogP contribution in [0, 0.1) is 0 Å². The van der Waals surface area contributed by atoms with Crippen LogP contribution in [0.5, 0.6) is 0 Å². The molecule has 0 bridgehead atoms. The molecule has 0 saturated carbocycles. The van der Waals surface area contributed by atoms with Crippen LogP contribution < -0.4 is 5.32 Å². The van der Waals surface area contributed by atoms with Crippen molar-refractivity contribution >= 4 is 17.6 Å². The van der Waals surface area contributed by atoms with E-state index in [1.54, 1.807) is 31.2 Å². The SMILES string of the molecule is CCNC(=O)O/N=C(\C)C(=O)c1ccccc1. The Balaban J connectivity index is 2.64. The highest BCUT2D eigenvalue weighted by Gasteiger charge is 2.10. The first-order valence-electron chi connectivity index (χ1n) is 5.24. The number of carbonyl (C=O) groups excluding carboxylic acids is 2. The zero-order valence-electron chi connectivity index (χ0n) is 9.77. The maximum Gasteiger partial charge on any atom is 0.433 e. The highest BCUT2D eigenvalue weighted by Crippen LogP contribution is 2.01. The smallest absolute Gasteiger partial charge is 0.320 e. The summed E-state index contributed by atoms with van der Waals surface area (Å²) in [7, 11) is 0. The third-order valence-electron chi connectivity index (χ3n) is 1.95. The van der Waals surface area contributed by atoms with Gasteiger partial charge in [0.25, 0.3) is 0 Å². The zero-order chi connectivity index (χ0) is 12.7. The van der Waals surface area contributed by atoms with E-state index >= 15 is 0 Å². The van der Waals surface area contributed by atoms with Crippen LogP contribution in [0.2, 0.25) is 0 Å². The Morgan fingerprint density at radius 2 is 1.94 bits per heavy atom. The Labute approximate surface area is 99.5 Å². The molecule has 1 aromatic rings. The molecule has 0 radical (unpaired) electrons. The summed E-state index contributed by atoms with van der Waals surface area (Å²) >= 11 is 0. The summed E-state index contributed by atoms with van der Waals surface area (Å²) in [6.45, 7) is 3.70. The molecule has 0 aliphatic rings. The number of hydrogen-bond donors (Lipinski definition) is 1. The van der Waals surface area contributed by atoms with Crippen molar-refractivity contribution in [2.24, 2.45) is 5.16 Å². The number of Topliss-reactive ketones (excluding diaryl/α,β-unsaturated/α-hetero) is 1. The van der Waals surface area contributed by atoms with Crippen molar-refractivity contribution in [2.45, 2.75) is 13.8 Å². The lowest BCUT2D eigenvalue weighted by Gasteiger charge is -2.01. The first-order valence-corrected chi connectivity index (χ1v) is 5.24. The predicted octanol–water partition coefficient (Wildman–Crippen LogP) is 1.99. The Kier molecular flexibility index (Phi) is 4.87. The molecule has 5 heteroatoms. The second-order valence-electron chi connectivity index (χ2n) is 3.28. The molecule has 1 aromatic carbocycles. The Bertz CT molecular complexity index is 427. The number of benzene rings is 1. The van der Waals surface area contributed by atoms with E-state index in [2.05, 4.69) is 15.3 Å². The Hall–Kier alpha value is -2.17. The second kappa shape index (κ2) is 6.42. The molecule has 17 heavy (non-hydrogen) atoms. The van der Waals surface area contributed by atoms with Crippen LogP contribution in [0.25, 0.3) is 0 Å². The average Bonchev–Trinajstić information content (AvgIpc) is 2.36. The summed E-state index contributed by atoms with van der Waals surface area (Å²) in [6.07, 6.45) is -0.673. The molecule has 0 aliphatic heterocycles. The lowest BCUT2D eigenvalue weighted by Crippen LogP contribution is -2.23. The first-order chi connectivity index (χ1) is 8.15. The summed E-state index contributed by atoms with van der Waals surface area (Å²) in [6, 6.07) is 8.67. The van der Waals surface area contributed by atoms with Gasteiger partial charge in [-0.25, -0.2) is 4.79 Å². The fourth-order valence-electron chi connectivity index (χ4n) is 1.13. The fourth-order valence-corrected chi connectivity index (χ4v) is 1.13. The van der Waals surface area contributed by atoms with Gasteiger partial charge < -0.3 is 5.32 Å². The van der Waals surface area contributed by atoms with E-state index in [4.69, 9.17) is 0 Å². The predicted molar refractivity (Wildman–Crippen MR) is 64.0 cm³/mol. The van der Waals surface area contributed by atoms with Gasteiger partial charge in [-0.3, -0.25) is 9.63 Å². The van der Waals surface area contributed by atoms with E-state index in [-0.39, 0.29) is 11.5 Å². The molecule has 0 heterocycles. The quantitative estimate of drug-likeness (QED) is 0.375. The Morgan fingerprint density at radius 3 is 2.53 bits per heavy atom.